The fourth-order valence-electron chi connectivity index (χ4n) is 2.05. The molecule has 1 aliphatic heterocycles. The molecule has 0 amide bonds. The molecule has 0 radical (unpaired) electrons. The molecule has 0 bridgehead atoms. The average molecular weight is 281 g/mol. The molecule has 0 aromatic heterocycles. The van der Waals surface area contributed by atoms with Gasteiger partial charge in [-0.15, -0.1) is 0 Å². The normalized spacial score (nSPS) is 17.6. The SMILES string of the molecule is CN(C)C=C1CCNc2ccc(Br)cc2C1. The summed E-state index contributed by atoms with van der Waals surface area (Å²) in [6.07, 6.45) is 4.39. The minimum absolute atomic E-state index is 1.02. The predicted molar refractivity (Wildman–Crippen MR) is 72.7 cm³/mol. The zero-order valence-corrected chi connectivity index (χ0v) is 11.3. The van der Waals surface area contributed by atoms with Crippen LogP contribution in [0.3, 0.4) is 0 Å². The van der Waals surface area contributed by atoms with E-state index in [0.29, 0.717) is 0 Å². The van der Waals surface area contributed by atoms with Crippen LogP contribution in [-0.4, -0.2) is 25.5 Å². The second kappa shape index (κ2) is 4.91. The molecule has 3 heteroatoms. The van der Waals surface area contributed by atoms with Crippen LogP contribution in [0, 0.1) is 0 Å². The fourth-order valence-corrected chi connectivity index (χ4v) is 2.46. The Kier molecular flexibility index (Phi) is 3.54. The third kappa shape index (κ3) is 2.79. The number of hydrogen-bond acceptors (Lipinski definition) is 2. The zero-order chi connectivity index (χ0) is 11.5. The van der Waals surface area contributed by atoms with E-state index >= 15 is 0 Å². The molecule has 0 aliphatic carbocycles. The number of halogens is 1. The van der Waals surface area contributed by atoms with Crippen LogP contribution in [0.15, 0.2) is 34.4 Å². The number of hydrogen-bond donors (Lipinski definition) is 1. The van der Waals surface area contributed by atoms with Crippen molar-refractivity contribution in [2.45, 2.75) is 12.8 Å². The third-order valence-corrected chi connectivity index (χ3v) is 3.18. The smallest absolute Gasteiger partial charge is 0.0376 e. The average Bonchev–Trinajstić information content (AvgIpc) is 2.37. The van der Waals surface area contributed by atoms with Crippen LogP contribution in [0.25, 0.3) is 0 Å². The summed E-state index contributed by atoms with van der Waals surface area (Å²) in [5.74, 6) is 0. The van der Waals surface area contributed by atoms with Gasteiger partial charge in [0.2, 0.25) is 0 Å². The maximum Gasteiger partial charge on any atom is 0.0376 e. The first-order valence-corrected chi connectivity index (χ1v) is 6.33. The van der Waals surface area contributed by atoms with E-state index in [0.717, 1.165) is 23.9 Å². The van der Waals surface area contributed by atoms with E-state index in [1.165, 1.54) is 16.8 Å². The van der Waals surface area contributed by atoms with Gasteiger partial charge in [0.25, 0.3) is 0 Å². The molecule has 16 heavy (non-hydrogen) atoms. The topological polar surface area (TPSA) is 15.3 Å². The highest BCUT2D eigenvalue weighted by Crippen LogP contribution is 2.27. The fraction of sp³-hybridized carbons (Fsp3) is 0.385. The second-order valence-corrected chi connectivity index (χ2v) is 5.32. The summed E-state index contributed by atoms with van der Waals surface area (Å²) < 4.78 is 1.15. The van der Waals surface area contributed by atoms with Gasteiger partial charge in [0.15, 0.2) is 0 Å². The molecule has 1 aromatic rings. The van der Waals surface area contributed by atoms with Gasteiger partial charge >= 0.3 is 0 Å². The quantitative estimate of drug-likeness (QED) is 0.850. The molecular formula is C13H17BrN2. The Hall–Kier alpha value is -0.960. The lowest BCUT2D eigenvalue weighted by molar-refractivity contribution is 0.553. The minimum atomic E-state index is 1.02. The van der Waals surface area contributed by atoms with E-state index in [1.807, 2.05) is 0 Å². The van der Waals surface area contributed by atoms with E-state index in [4.69, 9.17) is 0 Å². The van der Waals surface area contributed by atoms with Crippen molar-refractivity contribution < 1.29 is 0 Å². The van der Waals surface area contributed by atoms with Crippen LogP contribution in [-0.2, 0) is 6.42 Å². The van der Waals surface area contributed by atoms with Crippen LogP contribution in [0.1, 0.15) is 12.0 Å². The molecule has 86 valence electrons. The van der Waals surface area contributed by atoms with Crippen molar-refractivity contribution in [1.29, 1.82) is 0 Å². The summed E-state index contributed by atoms with van der Waals surface area (Å²) >= 11 is 3.53. The molecule has 1 aromatic carbocycles. The van der Waals surface area contributed by atoms with E-state index < -0.39 is 0 Å². The summed E-state index contributed by atoms with van der Waals surface area (Å²) in [6, 6.07) is 6.45. The van der Waals surface area contributed by atoms with E-state index in [1.54, 1.807) is 0 Å². The second-order valence-electron chi connectivity index (χ2n) is 4.41. The maximum atomic E-state index is 3.53. The highest BCUT2D eigenvalue weighted by Gasteiger charge is 2.10. The molecule has 0 unspecified atom stereocenters. The van der Waals surface area contributed by atoms with Crippen LogP contribution in [0.5, 0.6) is 0 Å². The molecule has 1 aliphatic rings. The monoisotopic (exact) mass is 280 g/mol. The molecule has 0 spiro atoms. The number of fused-ring (bicyclic) bond motifs is 1. The van der Waals surface area contributed by atoms with Crippen molar-refractivity contribution in [3.05, 3.63) is 40.0 Å². The van der Waals surface area contributed by atoms with Crippen molar-refractivity contribution in [2.75, 3.05) is 26.0 Å². The molecule has 0 fully saturated rings. The molecule has 1 heterocycles. The molecule has 0 atom stereocenters. The largest absolute Gasteiger partial charge is 0.384 e. The lowest BCUT2D eigenvalue weighted by Crippen LogP contribution is -2.05. The summed E-state index contributed by atoms with van der Waals surface area (Å²) in [4.78, 5) is 2.12. The van der Waals surface area contributed by atoms with Gasteiger partial charge in [-0.2, -0.15) is 0 Å². The first-order chi connectivity index (χ1) is 7.65. The van der Waals surface area contributed by atoms with Crippen molar-refractivity contribution in [3.63, 3.8) is 0 Å². The van der Waals surface area contributed by atoms with Gasteiger partial charge < -0.3 is 10.2 Å². The Labute approximate surface area is 105 Å². The Bertz CT molecular complexity index is 410. The molecule has 2 nitrogen and oxygen atoms in total. The van der Waals surface area contributed by atoms with Crippen molar-refractivity contribution in [2.24, 2.45) is 0 Å². The molecule has 0 saturated heterocycles. The van der Waals surface area contributed by atoms with Crippen molar-refractivity contribution >= 4 is 21.6 Å². The summed E-state index contributed by atoms with van der Waals surface area (Å²) in [5.41, 5.74) is 4.12. The summed E-state index contributed by atoms with van der Waals surface area (Å²) in [6.45, 7) is 1.02. The van der Waals surface area contributed by atoms with Gasteiger partial charge in [-0.3, -0.25) is 0 Å². The molecule has 1 N–H and O–H groups in total. The predicted octanol–water partition coefficient (Wildman–Crippen LogP) is 3.25. The zero-order valence-electron chi connectivity index (χ0n) is 9.76. The maximum absolute atomic E-state index is 3.53. The van der Waals surface area contributed by atoms with Gasteiger partial charge in [-0.1, -0.05) is 15.9 Å². The van der Waals surface area contributed by atoms with Gasteiger partial charge in [-0.25, -0.2) is 0 Å². The molecular weight excluding hydrogens is 264 g/mol. The lowest BCUT2D eigenvalue weighted by Gasteiger charge is -2.10. The number of nitrogens with one attached hydrogen (secondary N) is 1. The van der Waals surface area contributed by atoms with E-state index in [9.17, 15) is 0 Å². The van der Waals surface area contributed by atoms with Crippen LogP contribution >= 0.6 is 15.9 Å². The van der Waals surface area contributed by atoms with Crippen molar-refractivity contribution in [3.8, 4) is 0 Å². The number of nitrogens with zero attached hydrogens (tertiary/aromatic N) is 1. The van der Waals surface area contributed by atoms with Crippen molar-refractivity contribution in [1.82, 2.24) is 4.90 Å². The van der Waals surface area contributed by atoms with Gasteiger partial charge in [0.05, 0.1) is 0 Å². The van der Waals surface area contributed by atoms with E-state index in [-0.39, 0.29) is 0 Å². The highest BCUT2D eigenvalue weighted by atomic mass is 79.9. The molecule has 2 rings (SSSR count). The summed E-state index contributed by atoms with van der Waals surface area (Å²) in [5, 5.41) is 3.48. The van der Waals surface area contributed by atoms with Gasteiger partial charge in [0.1, 0.15) is 0 Å². The Morgan fingerprint density at radius 3 is 2.94 bits per heavy atom. The standard InChI is InChI=1S/C13H17BrN2/c1-16(2)9-10-5-6-15-13-4-3-12(14)8-11(13)7-10/h3-4,8-9,15H,5-7H2,1-2H3. The Morgan fingerprint density at radius 1 is 1.38 bits per heavy atom. The van der Waals surface area contributed by atoms with Gasteiger partial charge in [0, 0.05) is 30.8 Å². The lowest BCUT2D eigenvalue weighted by atomic mass is 10.0. The Morgan fingerprint density at radius 2 is 2.19 bits per heavy atom. The minimum Gasteiger partial charge on any atom is -0.384 e. The number of benzene rings is 1. The van der Waals surface area contributed by atoms with Crippen LogP contribution < -0.4 is 5.32 Å². The molecule has 0 saturated carbocycles. The number of rotatable bonds is 1. The Balaban J connectivity index is 2.29. The van der Waals surface area contributed by atoms with Gasteiger partial charge in [-0.05, 0) is 48.4 Å². The van der Waals surface area contributed by atoms with Crippen LogP contribution in [0.4, 0.5) is 5.69 Å². The van der Waals surface area contributed by atoms with E-state index in [2.05, 4.69) is 64.6 Å². The van der Waals surface area contributed by atoms with Crippen LogP contribution in [0.2, 0.25) is 0 Å². The number of anilines is 1. The first kappa shape index (κ1) is 11.5. The third-order valence-electron chi connectivity index (χ3n) is 2.69. The summed E-state index contributed by atoms with van der Waals surface area (Å²) in [7, 11) is 4.15. The highest BCUT2D eigenvalue weighted by molar-refractivity contribution is 9.10. The first-order valence-electron chi connectivity index (χ1n) is 5.53.